The van der Waals surface area contributed by atoms with Crippen LogP contribution in [0.4, 0.5) is 3.89 Å². The Morgan fingerprint density at radius 1 is 1.67 bits per heavy atom. The second-order valence-electron chi connectivity index (χ2n) is 2.64. The minimum absolute atomic E-state index is 0.109. The molecule has 0 aromatic carbocycles. The highest BCUT2D eigenvalue weighted by atomic mass is 32.3. The van der Waals surface area contributed by atoms with E-state index in [-0.39, 0.29) is 5.56 Å². The highest BCUT2D eigenvalue weighted by Crippen LogP contribution is 2.18. The van der Waals surface area contributed by atoms with Crippen LogP contribution in [0.5, 0.6) is 0 Å². The van der Waals surface area contributed by atoms with Crippen LogP contribution in [0.25, 0.3) is 6.08 Å². The summed E-state index contributed by atoms with van der Waals surface area (Å²) in [5, 5.41) is 11.2. The van der Waals surface area contributed by atoms with Crippen molar-refractivity contribution >= 4 is 22.3 Å². The molecule has 0 saturated heterocycles. The number of nitrogens with zero attached hydrogens (tertiary/aromatic N) is 2. The van der Waals surface area contributed by atoms with Crippen LogP contribution in [0, 0.1) is 0 Å². The first-order valence-electron chi connectivity index (χ1n) is 3.70. The highest BCUT2D eigenvalue weighted by molar-refractivity contribution is 7.86. The first kappa shape index (κ1) is 11.4. The van der Waals surface area contributed by atoms with E-state index in [1.165, 1.54) is 7.05 Å². The Balaban J connectivity index is 3.28. The summed E-state index contributed by atoms with van der Waals surface area (Å²) in [6.07, 6.45) is 2.72. The number of aromatic nitrogens is 2. The molecule has 1 rings (SSSR count). The van der Waals surface area contributed by atoms with Crippen LogP contribution in [0.1, 0.15) is 5.56 Å². The molecule has 1 aromatic heterocycles. The van der Waals surface area contributed by atoms with Crippen LogP contribution < -0.4 is 0 Å². The maximum absolute atomic E-state index is 12.7. The van der Waals surface area contributed by atoms with Crippen LogP contribution in [0.2, 0.25) is 0 Å². The summed E-state index contributed by atoms with van der Waals surface area (Å²) in [5.74, 6) is -1.26. The van der Waals surface area contributed by atoms with Gasteiger partial charge in [-0.25, -0.2) is 4.79 Å². The van der Waals surface area contributed by atoms with Gasteiger partial charge >= 0.3 is 16.2 Å². The van der Waals surface area contributed by atoms with Gasteiger partial charge in [0, 0.05) is 18.7 Å². The van der Waals surface area contributed by atoms with E-state index in [4.69, 9.17) is 5.11 Å². The molecule has 0 saturated carbocycles. The fraction of sp³-hybridized carbons (Fsp3) is 0.143. The molecule has 8 heteroatoms. The van der Waals surface area contributed by atoms with E-state index in [0.717, 1.165) is 17.0 Å². The molecule has 0 aliphatic rings. The van der Waals surface area contributed by atoms with Crippen LogP contribution >= 0.6 is 0 Å². The molecule has 82 valence electrons. The first-order chi connectivity index (χ1) is 6.82. The van der Waals surface area contributed by atoms with E-state index in [9.17, 15) is 17.1 Å². The summed E-state index contributed by atoms with van der Waals surface area (Å²) >= 11 is 0. The molecule has 0 spiro atoms. The van der Waals surface area contributed by atoms with Crippen molar-refractivity contribution in [1.82, 2.24) is 9.78 Å². The van der Waals surface area contributed by atoms with E-state index in [2.05, 4.69) is 5.10 Å². The summed E-state index contributed by atoms with van der Waals surface area (Å²) < 4.78 is 34.9. The van der Waals surface area contributed by atoms with E-state index in [1.807, 2.05) is 0 Å². The van der Waals surface area contributed by atoms with Gasteiger partial charge in [-0.1, -0.05) is 3.89 Å². The predicted octanol–water partition coefficient (Wildman–Crippen LogP) is 0.176. The monoisotopic (exact) mass is 234 g/mol. The van der Waals surface area contributed by atoms with Gasteiger partial charge < -0.3 is 5.11 Å². The molecule has 15 heavy (non-hydrogen) atoms. The summed E-state index contributed by atoms with van der Waals surface area (Å²) in [6.45, 7) is 0. The maximum Gasteiger partial charge on any atom is 0.350 e. The summed E-state index contributed by atoms with van der Waals surface area (Å²) in [4.78, 5) is 10.2. The zero-order chi connectivity index (χ0) is 11.6. The van der Waals surface area contributed by atoms with Gasteiger partial charge in [-0.2, -0.15) is 13.5 Å². The Morgan fingerprint density at radius 3 is 2.73 bits per heavy atom. The quantitative estimate of drug-likeness (QED) is 0.595. The Bertz CT molecular complexity index is 517. The molecular formula is C7H7FN2O4S. The fourth-order valence-electron chi connectivity index (χ4n) is 1.02. The topological polar surface area (TPSA) is 89.3 Å². The Kier molecular flexibility index (Phi) is 2.89. The maximum atomic E-state index is 12.7. The molecule has 0 bridgehead atoms. The van der Waals surface area contributed by atoms with Crippen LogP contribution in [-0.2, 0) is 22.1 Å². The molecule has 0 fully saturated rings. The van der Waals surface area contributed by atoms with Crippen LogP contribution in [0.15, 0.2) is 17.3 Å². The number of aliphatic carboxylic acids is 1. The summed E-state index contributed by atoms with van der Waals surface area (Å²) in [7, 11) is -3.67. The van der Waals surface area contributed by atoms with Gasteiger partial charge in [-0.05, 0) is 6.08 Å². The first-order valence-corrected chi connectivity index (χ1v) is 5.08. The van der Waals surface area contributed by atoms with Crippen molar-refractivity contribution in [1.29, 1.82) is 0 Å². The number of aryl methyl sites for hydroxylation is 1. The Hall–Kier alpha value is -1.70. The Morgan fingerprint density at radius 2 is 2.27 bits per heavy atom. The zero-order valence-electron chi connectivity index (χ0n) is 7.58. The van der Waals surface area contributed by atoms with Gasteiger partial charge in [0.05, 0.1) is 6.20 Å². The second-order valence-corrected chi connectivity index (χ2v) is 3.90. The lowest BCUT2D eigenvalue weighted by Crippen LogP contribution is -2.03. The van der Waals surface area contributed by atoms with Gasteiger partial charge in [-0.3, -0.25) is 4.68 Å². The van der Waals surface area contributed by atoms with Crippen molar-refractivity contribution in [3.05, 3.63) is 17.8 Å². The van der Waals surface area contributed by atoms with E-state index < -0.39 is 21.2 Å². The lowest BCUT2D eigenvalue weighted by molar-refractivity contribution is -0.131. The molecule has 0 aliphatic heterocycles. The molecule has 6 nitrogen and oxygen atoms in total. The SMILES string of the molecule is Cn1ncc(/C=C/C(=O)O)c1S(=O)(=O)F. The number of hydrogen-bond donors (Lipinski definition) is 1. The predicted molar refractivity (Wildman–Crippen MR) is 48.2 cm³/mol. The van der Waals surface area contributed by atoms with Crippen molar-refractivity contribution in [3.63, 3.8) is 0 Å². The Labute approximate surface area is 84.9 Å². The smallest absolute Gasteiger partial charge is 0.350 e. The van der Waals surface area contributed by atoms with Crippen LogP contribution in [-0.4, -0.2) is 29.3 Å². The number of hydrogen-bond acceptors (Lipinski definition) is 4. The summed E-state index contributed by atoms with van der Waals surface area (Å²) in [6, 6.07) is 0. The number of rotatable bonds is 3. The van der Waals surface area contributed by atoms with Crippen molar-refractivity contribution < 1.29 is 22.2 Å². The average molecular weight is 234 g/mol. The van der Waals surface area contributed by atoms with Crippen molar-refractivity contribution in [3.8, 4) is 0 Å². The minimum atomic E-state index is -4.91. The molecule has 1 aromatic rings. The number of halogens is 1. The molecule has 0 aliphatic carbocycles. The fourth-order valence-corrected chi connectivity index (χ4v) is 1.78. The van der Waals surface area contributed by atoms with E-state index >= 15 is 0 Å². The van der Waals surface area contributed by atoms with Gasteiger partial charge in [0.15, 0.2) is 5.03 Å². The molecule has 1 heterocycles. The molecule has 0 unspecified atom stereocenters. The molecular weight excluding hydrogens is 227 g/mol. The largest absolute Gasteiger partial charge is 0.478 e. The standard InChI is InChI=1S/C7H7FN2O4S/c1-10-7(15(8,13)14)5(4-9-10)2-3-6(11)12/h2-4H,1H3,(H,11,12)/b3-2+. The van der Waals surface area contributed by atoms with Gasteiger partial charge in [-0.15, -0.1) is 0 Å². The lowest BCUT2D eigenvalue weighted by atomic mass is 10.3. The lowest BCUT2D eigenvalue weighted by Gasteiger charge is -1.96. The van der Waals surface area contributed by atoms with Gasteiger partial charge in [0.25, 0.3) is 0 Å². The third-order valence-electron chi connectivity index (χ3n) is 1.55. The second kappa shape index (κ2) is 3.81. The number of carboxylic acids is 1. The summed E-state index contributed by atoms with van der Waals surface area (Å²) in [5.41, 5.74) is -0.109. The van der Waals surface area contributed by atoms with Crippen molar-refractivity contribution in [2.24, 2.45) is 7.05 Å². The molecule has 0 atom stereocenters. The number of carboxylic acid groups (broad SMARTS) is 1. The third kappa shape index (κ3) is 2.62. The van der Waals surface area contributed by atoms with E-state index in [1.54, 1.807) is 0 Å². The molecule has 0 radical (unpaired) electrons. The number of carbonyl (C=O) groups is 1. The highest BCUT2D eigenvalue weighted by Gasteiger charge is 2.21. The molecule has 1 N–H and O–H groups in total. The normalized spacial score (nSPS) is 12.1. The van der Waals surface area contributed by atoms with Crippen molar-refractivity contribution in [2.75, 3.05) is 0 Å². The van der Waals surface area contributed by atoms with Gasteiger partial charge in [0.2, 0.25) is 0 Å². The van der Waals surface area contributed by atoms with E-state index in [0.29, 0.717) is 6.08 Å². The molecule has 0 amide bonds. The van der Waals surface area contributed by atoms with Crippen LogP contribution in [0.3, 0.4) is 0 Å². The minimum Gasteiger partial charge on any atom is -0.478 e. The zero-order valence-corrected chi connectivity index (χ0v) is 8.40. The average Bonchev–Trinajstić information content (AvgIpc) is 2.42. The van der Waals surface area contributed by atoms with Crippen molar-refractivity contribution in [2.45, 2.75) is 5.03 Å². The van der Waals surface area contributed by atoms with Gasteiger partial charge in [0.1, 0.15) is 0 Å². The third-order valence-corrected chi connectivity index (χ3v) is 2.51.